The molecule has 2 amide bonds. The van der Waals surface area contributed by atoms with Gasteiger partial charge in [0, 0.05) is 43.7 Å². The van der Waals surface area contributed by atoms with Crippen LogP contribution in [-0.4, -0.2) is 42.9 Å². The van der Waals surface area contributed by atoms with Crippen LogP contribution in [0.5, 0.6) is 0 Å². The van der Waals surface area contributed by atoms with Gasteiger partial charge in [0.05, 0.1) is 11.4 Å². The van der Waals surface area contributed by atoms with Gasteiger partial charge < -0.3 is 15.1 Å². The van der Waals surface area contributed by atoms with Crippen molar-refractivity contribution in [3.8, 4) is 0 Å². The molecule has 30 heavy (non-hydrogen) atoms. The third kappa shape index (κ3) is 6.10. The number of hydrogen-bond acceptors (Lipinski definition) is 3. The van der Waals surface area contributed by atoms with Crippen molar-refractivity contribution >= 4 is 40.9 Å². The van der Waals surface area contributed by atoms with Gasteiger partial charge in [-0.15, -0.1) is 0 Å². The summed E-state index contributed by atoms with van der Waals surface area (Å²) in [4.78, 5) is 28.9. The van der Waals surface area contributed by atoms with E-state index in [9.17, 15) is 9.59 Å². The highest BCUT2D eigenvalue weighted by Gasteiger charge is 2.23. The van der Waals surface area contributed by atoms with Gasteiger partial charge in [0.25, 0.3) is 0 Å². The van der Waals surface area contributed by atoms with Gasteiger partial charge in [0.2, 0.25) is 11.8 Å². The van der Waals surface area contributed by atoms with Crippen molar-refractivity contribution in [1.82, 2.24) is 4.90 Å². The van der Waals surface area contributed by atoms with E-state index in [1.165, 1.54) is 6.08 Å². The van der Waals surface area contributed by atoms with Crippen LogP contribution in [0.1, 0.15) is 25.8 Å². The fourth-order valence-corrected chi connectivity index (χ4v) is 3.64. The largest absolute Gasteiger partial charge is 0.366 e. The maximum atomic E-state index is 12.5. The molecule has 1 fully saturated rings. The van der Waals surface area contributed by atoms with Gasteiger partial charge in [-0.2, -0.15) is 0 Å². The molecule has 6 heteroatoms. The van der Waals surface area contributed by atoms with Crippen molar-refractivity contribution in [2.45, 2.75) is 20.3 Å². The molecule has 1 aliphatic heterocycles. The second-order valence-electron chi connectivity index (χ2n) is 7.86. The van der Waals surface area contributed by atoms with Crippen molar-refractivity contribution in [2.75, 3.05) is 36.4 Å². The monoisotopic (exact) mass is 425 g/mol. The van der Waals surface area contributed by atoms with Crippen LogP contribution in [0.25, 0.3) is 6.08 Å². The Kier molecular flexibility index (Phi) is 7.52. The maximum absolute atomic E-state index is 12.5. The van der Waals surface area contributed by atoms with E-state index < -0.39 is 0 Å². The first kappa shape index (κ1) is 21.9. The SMILES string of the molecule is CC(C)CC(=O)N1CCN(c2ccc(Cl)cc2NC(=O)/C=C/c2ccccc2)CC1. The Bertz CT molecular complexity index is 904. The molecule has 0 atom stereocenters. The molecule has 0 spiro atoms. The zero-order valence-corrected chi connectivity index (χ0v) is 18.2. The van der Waals surface area contributed by atoms with E-state index in [1.807, 2.05) is 47.4 Å². The van der Waals surface area contributed by atoms with Crippen LogP contribution in [0.2, 0.25) is 5.02 Å². The van der Waals surface area contributed by atoms with Crippen molar-refractivity contribution in [3.63, 3.8) is 0 Å². The van der Waals surface area contributed by atoms with Crippen LogP contribution in [-0.2, 0) is 9.59 Å². The standard InChI is InChI=1S/C24H28ClN3O2/c1-18(2)16-24(30)28-14-12-27(13-15-28)22-10-9-20(25)17-21(22)26-23(29)11-8-19-6-4-3-5-7-19/h3-11,17-18H,12-16H2,1-2H3,(H,26,29)/b11-8+. The van der Waals surface area contributed by atoms with E-state index in [-0.39, 0.29) is 11.8 Å². The Morgan fingerprint density at radius 1 is 1.07 bits per heavy atom. The quantitative estimate of drug-likeness (QED) is 0.683. The number of piperazine rings is 1. The predicted molar refractivity (Wildman–Crippen MR) is 124 cm³/mol. The minimum Gasteiger partial charge on any atom is -0.366 e. The molecule has 0 aliphatic carbocycles. The number of anilines is 2. The van der Waals surface area contributed by atoms with Crippen LogP contribution in [0.4, 0.5) is 11.4 Å². The van der Waals surface area contributed by atoms with Gasteiger partial charge in [-0.25, -0.2) is 0 Å². The smallest absolute Gasteiger partial charge is 0.248 e. The molecule has 158 valence electrons. The summed E-state index contributed by atoms with van der Waals surface area (Å²) >= 11 is 6.18. The van der Waals surface area contributed by atoms with Crippen LogP contribution in [0, 0.1) is 5.92 Å². The van der Waals surface area contributed by atoms with Gasteiger partial charge in [-0.05, 0) is 35.8 Å². The lowest BCUT2D eigenvalue weighted by Gasteiger charge is -2.37. The molecule has 1 aliphatic rings. The molecule has 2 aromatic rings. The third-order valence-corrected chi connectivity index (χ3v) is 5.23. The average Bonchev–Trinajstić information content (AvgIpc) is 2.73. The number of carbonyl (C=O) groups is 2. The molecule has 0 radical (unpaired) electrons. The van der Waals surface area contributed by atoms with Crippen LogP contribution in [0.15, 0.2) is 54.6 Å². The first-order valence-electron chi connectivity index (χ1n) is 10.3. The molecule has 0 aromatic heterocycles. The van der Waals surface area contributed by atoms with Crippen LogP contribution in [0.3, 0.4) is 0 Å². The fourth-order valence-electron chi connectivity index (χ4n) is 3.47. The highest BCUT2D eigenvalue weighted by Crippen LogP contribution is 2.30. The second kappa shape index (κ2) is 10.3. The summed E-state index contributed by atoms with van der Waals surface area (Å²) in [5.41, 5.74) is 2.55. The predicted octanol–water partition coefficient (Wildman–Crippen LogP) is 4.69. The molecule has 0 saturated carbocycles. The average molecular weight is 426 g/mol. The zero-order chi connectivity index (χ0) is 21.5. The molecule has 1 heterocycles. The van der Waals surface area contributed by atoms with Crippen molar-refractivity contribution in [1.29, 1.82) is 0 Å². The molecule has 3 rings (SSSR count). The number of amides is 2. The molecule has 1 N–H and O–H groups in total. The second-order valence-corrected chi connectivity index (χ2v) is 8.30. The van der Waals surface area contributed by atoms with E-state index in [0.29, 0.717) is 49.2 Å². The summed E-state index contributed by atoms with van der Waals surface area (Å²) in [6.07, 6.45) is 3.87. The molecule has 2 aromatic carbocycles. The Morgan fingerprint density at radius 3 is 2.43 bits per heavy atom. The number of nitrogens with zero attached hydrogens (tertiary/aromatic N) is 2. The highest BCUT2D eigenvalue weighted by atomic mass is 35.5. The molecule has 1 saturated heterocycles. The number of benzene rings is 2. The van der Waals surface area contributed by atoms with Crippen molar-refractivity contribution < 1.29 is 9.59 Å². The molecule has 0 unspecified atom stereocenters. The summed E-state index contributed by atoms with van der Waals surface area (Å²) in [7, 11) is 0. The Hall–Kier alpha value is -2.79. The first-order valence-corrected chi connectivity index (χ1v) is 10.7. The minimum atomic E-state index is -0.215. The maximum Gasteiger partial charge on any atom is 0.248 e. The van der Waals surface area contributed by atoms with Crippen LogP contribution < -0.4 is 10.2 Å². The fraction of sp³-hybridized carbons (Fsp3) is 0.333. The molecular weight excluding hydrogens is 398 g/mol. The number of carbonyl (C=O) groups excluding carboxylic acids is 2. The highest BCUT2D eigenvalue weighted by molar-refractivity contribution is 6.31. The summed E-state index contributed by atoms with van der Waals surface area (Å²) in [5, 5.41) is 3.51. The lowest BCUT2D eigenvalue weighted by molar-refractivity contribution is -0.132. The number of rotatable bonds is 6. The van der Waals surface area contributed by atoms with E-state index in [2.05, 4.69) is 24.1 Å². The summed E-state index contributed by atoms with van der Waals surface area (Å²) in [6, 6.07) is 15.2. The molecule has 0 bridgehead atoms. The third-order valence-electron chi connectivity index (χ3n) is 5.00. The van der Waals surface area contributed by atoms with Crippen molar-refractivity contribution in [2.24, 2.45) is 5.92 Å². The normalized spacial score (nSPS) is 14.4. The van der Waals surface area contributed by atoms with Crippen molar-refractivity contribution in [3.05, 3.63) is 65.2 Å². The van der Waals surface area contributed by atoms with Gasteiger partial charge in [0.15, 0.2) is 0 Å². The summed E-state index contributed by atoms with van der Waals surface area (Å²) in [6.45, 7) is 6.90. The number of halogens is 1. The zero-order valence-electron chi connectivity index (χ0n) is 17.5. The van der Waals surface area contributed by atoms with E-state index in [0.717, 1.165) is 11.3 Å². The minimum absolute atomic E-state index is 0.209. The lowest BCUT2D eigenvalue weighted by atomic mass is 10.1. The topological polar surface area (TPSA) is 52.7 Å². The number of hydrogen-bond donors (Lipinski definition) is 1. The molecular formula is C24H28ClN3O2. The van der Waals surface area contributed by atoms with Crippen LogP contribution >= 0.6 is 11.6 Å². The van der Waals surface area contributed by atoms with E-state index >= 15 is 0 Å². The lowest BCUT2D eigenvalue weighted by Crippen LogP contribution is -2.49. The van der Waals surface area contributed by atoms with E-state index in [4.69, 9.17) is 11.6 Å². The summed E-state index contributed by atoms with van der Waals surface area (Å²) < 4.78 is 0. The van der Waals surface area contributed by atoms with Gasteiger partial charge >= 0.3 is 0 Å². The van der Waals surface area contributed by atoms with E-state index in [1.54, 1.807) is 12.1 Å². The Morgan fingerprint density at radius 2 is 1.77 bits per heavy atom. The van der Waals surface area contributed by atoms with Gasteiger partial charge in [0.1, 0.15) is 0 Å². The Labute approximate surface area is 183 Å². The van der Waals surface area contributed by atoms with Gasteiger partial charge in [-0.3, -0.25) is 9.59 Å². The first-order chi connectivity index (χ1) is 14.4. The Balaban J connectivity index is 1.66. The number of nitrogens with one attached hydrogen (secondary N) is 1. The van der Waals surface area contributed by atoms with Gasteiger partial charge in [-0.1, -0.05) is 55.8 Å². The molecule has 5 nitrogen and oxygen atoms in total. The summed E-state index contributed by atoms with van der Waals surface area (Å²) in [5.74, 6) is 0.353.